The maximum absolute atomic E-state index is 13.7. The molecule has 1 aromatic heterocycles. The van der Waals surface area contributed by atoms with Gasteiger partial charge in [-0.1, -0.05) is 18.2 Å². The number of benzene rings is 1. The lowest BCUT2D eigenvalue weighted by Crippen LogP contribution is -2.52. The summed E-state index contributed by atoms with van der Waals surface area (Å²) < 4.78 is 16.9. The first kappa shape index (κ1) is 23.8. The molecule has 4 atom stereocenters. The van der Waals surface area contributed by atoms with Crippen LogP contribution in [-0.4, -0.2) is 49.2 Å². The van der Waals surface area contributed by atoms with Crippen molar-refractivity contribution in [2.45, 2.75) is 56.6 Å². The summed E-state index contributed by atoms with van der Waals surface area (Å²) in [6.45, 7) is 3.05. The summed E-state index contributed by atoms with van der Waals surface area (Å²) in [6, 6.07) is 7.74. The van der Waals surface area contributed by atoms with E-state index in [1.807, 2.05) is 31.2 Å². The molecular formula is C26H31N3O5S. The zero-order valence-corrected chi connectivity index (χ0v) is 20.8. The molecule has 1 saturated carbocycles. The topological polar surface area (TPSA) is 113 Å². The zero-order valence-electron chi connectivity index (χ0n) is 20.0. The smallest absolute Gasteiger partial charge is 0.336 e. The SMILES string of the molecule is COc1ccccc1C1CC(=O)C2C(C1)NC(C)=C(C(=O)OC1CCOCC1)C2c1cnc(N)s1. The van der Waals surface area contributed by atoms with Crippen molar-refractivity contribution in [2.24, 2.45) is 5.92 Å². The second-order valence-corrected chi connectivity index (χ2v) is 10.5. The molecule has 1 saturated heterocycles. The van der Waals surface area contributed by atoms with E-state index in [1.165, 1.54) is 11.3 Å². The Kier molecular flexibility index (Phi) is 6.80. The first-order valence-electron chi connectivity index (χ1n) is 12.1. The fraction of sp³-hybridized carbons (Fsp3) is 0.500. The second kappa shape index (κ2) is 9.99. The van der Waals surface area contributed by atoms with E-state index in [0.29, 0.717) is 43.2 Å². The van der Waals surface area contributed by atoms with Gasteiger partial charge in [-0.05, 0) is 30.9 Å². The Balaban J connectivity index is 1.49. The van der Waals surface area contributed by atoms with Gasteiger partial charge in [0.1, 0.15) is 17.6 Å². The summed E-state index contributed by atoms with van der Waals surface area (Å²) in [5, 5.41) is 3.92. The molecule has 0 spiro atoms. The fourth-order valence-corrected chi connectivity index (χ4v) is 6.61. The van der Waals surface area contributed by atoms with Crippen LogP contribution in [0.1, 0.15) is 54.9 Å². The Hall–Kier alpha value is -2.91. The van der Waals surface area contributed by atoms with Gasteiger partial charge in [-0.2, -0.15) is 0 Å². The Morgan fingerprint density at radius 2 is 2.03 bits per heavy atom. The summed E-state index contributed by atoms with van der Waals surface area (Å²) in [5.74, 6) is -0.277. The minimum Gasteiger partial charge on any atom is -0.496 e. The van der Waals surface area contributed by atoms with Crippen LogP contribution in [0.2, 0.25) is 0 Å². The highest BCUT2D eigenvalue weighted by atomic mass is 32.1. The molecule has 0 bridgehead atoms. The van der Waals surface area contributed by atoms with E-state index in [1.54, 1.807) is 13.3 Å². The van der Waals surface area contributed by atoms with Crippen molar-refractivity contribution < 1.29 is 23.8 Å². The van der Waals surface area contributed by atoms with E-state index < -0.39 is 11.8 Å². The molecule has 5 rings (SSSR count). The standard InChI is InChI=1S/C26H31N3O5S/c1-14-22(25(31)34-16-7-9-33-10-8-16)24(21-13-28-26(27)35-21)23-18(29-14)11-15(12-19(23)30)17-5-3-4-6-20(17)32-2/h3-6,13,15-16,18,23-24,29H,7-12H2,1-2H3,(H2,27,28). The highest BCUT2D eigenvalue weighted by Crippen LogP contribution is 2.49. The summed E-state index contributed by atoms with van der Waals surface area (Å²) >= 11 is 1.33. The van der Waals surface area contributed by atoms with Crippen LogP contribution in [0.25, 0.3) is 0 Å². The lowest BCUT2D eigenvalue weighted by Gasteiger charge is -2.44. The number of thiazole rings is 1. The van der Waals surface area contributed by atoms with Crippen LogP contribution in [0.15, 0.2) is 41.7 Å². The van der Waals surface area contributed by atoms with E-state index in [0.717, 1.165) is 28.3 Å². The van der Waals surface area contributed by atoms with Gasteiger partial charge in [-0.15, -0.1) is 11.3 Å². The maximum Gasteiger partial charge on any atom is 0.336 e. The molecule has 0 radical (unpaired) electrons. The van der Waals surface area contributed by atoms with E-state index in [4.69, 9.17) is 19.9 Å². The average Bonchev–Trinajstić information content (AvgIpc) is 3.29. The minimum absolute atomic E-state index is 0.0307. The van der Waals surface area contributed by atoms with Crippen LogP contribution in [0, 0.1) is 5.92 Å². The molecule has 35 heavy (non-hydrogen) atoms. The predicted molar refractivity (Wildman–Crippen MR) is 132 cm³/mol. The Morgan fingerprint density at radius 1 is 1.26 bits per heavy atom. The number of para-hydroxylation sites is 1. The number of ether oxygens (including phenoxy) is 3. The van der Waals surface area contributed by atoms with Gasteiger partial charge in [0.05, 0.1) is 25.9 Å². The van der Waals surface area contributed by atoms with Crippen molar-refractivity contribution in [2.75, 3.05) is 26.1 Å². The Bertz CT molecular complexity index is 1140. The Morgan fingerprint density at radius 3 is 2.74 bits per heavy atom. The van der Waals surface area contributed by atoms with Crippen molar-refractivity contribution in [1.82, 2.24) is 10.3 Å². The summed E-state index contributed by atoms with van der Waals surface area (Å²) in [5.41, 5.74) is 8.26. The molecule has 3 N–H and O–H groups in total. The van der Waals surface area contributed by atoms with Gasteiger partial charge in [0.25, 0.3) is 0 Å². The van der Waals surface area contributed by atoms with Crippen LogP contribution in [0.3, 0.4) is 0 Å². The highest BCUT2D eigenvalue weighted by Gasteiger charge is 2.49. The molecule has 186 valence electrons. The molecule has 0 amide bonds. The molecule has 3 heterocycles. The van der Waals surface area contributed by atoms with Crippen LogP contribution >= 0.6 is 11.3 Å². The predicted octanol–water partition coefficient (Wildman–Crippen LogP) is 3.55. The van der Waals surface area contributed by atoms with Crippen LogP contribution in [-0.2, 0) is 19.1 Å². The van der Waals surface area contributed by atoms with E-state index in [2.05, 4.69) is 10.3 Å². The van der Waals surface area contributed by atoms with Gasteiger partial charge in [0, 0.05) is 53.9 Å². The van der Waals surface area contributed by atoms with Gasteiger partial charge in [-0.3, -0.25) is 4.79 Å². The van der Waals surface area contributed by atoms with Crippen molar-refractivity contribution in [3.63, 3.8) is 0 Å². The molecule has 8 nitrogen and oxygen atoms in total. The number of hydrogen-bond donors (Lipinski definition) is 2. The van der Waals surface area contributed by atoms with E-state index in [9.17, 15) is 9.59 Å². The lowest BCUT2D eigenvalue weighted by atomic mass is 9.65. The number of methoxy groups -OCH3 is 1. The normalized spacial score (nSPS) is 27.2. The van der Waals surface area contributed by atoms with Crippen molar-refractivity contribution in [3.8, 4) is 5.75 Å². The summed E-state index contributed by atoms with van der Waals surface area (Å²) in [4.78, 5) is 32.3. The fourth-order valence-electron chi connectivity index (χ4n) is 5.77. The number of rotatable bonds is 5. The molecule has 9 heteroatoms. The number of aromatic nitrogens is 1. The molecule has 2 aliphatic heterocycles. The number of carbonyl (C=O) groups excluding carboxylic acids is 2. The van der Waals surface area contributed by atoms with Crippen LogP contribution < -0.4 is 15.8 Å². The number of nitrogens with zero attached hydrogens (tertiary/aromatic N) is 1. The van der Waals surface area contributed by atoms with Gasteiger partial charge in [0.15, 0.2) is 5.13 Å². The number of hydrogen-bond acceptors (Lipinski definition) is 9. The number of ketones is 1. The third kappa shape index (κ3) is 4.67. The number of nitrogens with two attached hydrogens (primary N) is 1. The third-order valence-corrected chi connectivity index (χ3v) is 8.27. The quantitative estimate of drug-likeness (QED) is 0.603. The van der Waals surface area contributed by atoms with Gasteiger partial charge < -0.3 is 25.3 Å². The summed E-state index contributed by atoms with van der Waals surface area (Å²) in [7, 11) is 1.65. The Labute approximate surface area is 208 Å². The number of anilines is 1. The van der Waals surface area contributed by atoms with E-state index >= 15 is 0 Å². The number of esters is 1. The van der Waals surface area contributed by atoms with Crippen molar-refractivity contribution >= 4 is 28.2 Å². The molecule has 2 aromatic rings. The lowest BCUT2D eigenvalue weighted by molar-refractivity contribution is -0.149. The first-order chi connectivity index (χ1) is 17.0. The minimum atomic E-state index is -0.436. The van der Waals surface area contributed by atoms with E-state index in [-0.39, 0.29) is 29.8 Å². The van der Waals surface area contributed by atoms with Crippen LogP contribution in [0.4, 0.5) is 5.13 Å². The third-order valence-electron chi connectivity index (χ3n) is 7.36. The number of carbonyl (C=O) groups is 2. The average molecular weight is 498 g/mol. The second-order valence-electron chi connectivity index (χ2n) is 9.46. The van der Waals surface area contributed by atoms with Gasteiger partial charge in [-0.25, -0.2) is 9.78 Å². The number of nitrogens with one attached hydrogen (secondary N) is 1. The number of fused-ring (bicyclic) bond motifs is 1. The monoisotopic (exact) mass is 497 g/mol. The molecule has 1 aromatic carbocycles. The summed E-state index contributed by atoms with van der Waals surface area (Å²) in [6.07, 6.45) is 4.00. The largest absolute Gasteiger partial charge is 0.496 e. The highest BCUT2D eigenvalue weighted by molar-refractivity contribution is 7.15. The van der Waals surface area contributed by atoms with Crippen LogP contribution in [0.5, 0.6) is 5.75 Å². The molecule has 3 aliphatic rings. The number of nitrogen functional groups attached to an aromatic ring is 1. The molecular weight excluding hydrogens is 466 g/mol. The number of allylic oxidation sites excluding steroid dienone is 1. The van der Waals surface area contributed by atoms with Crippen molar-refractivity contribution in [3.05, 3.63) is 52.2 Å². The first-order valence-corrected chi connectivity index (χ1v) is 12.9. The van der Waals surface area contributed by atoms with Crippen molar-refractivity contribution in [1.29, 1.82) is 0 Å². The molecule has 2 fully saturated rings. The number of Topliss-reactive ketones (excluding diaryl/α,β-unsaturated/α-hetero) is 1. The van der Waals surface area contributed by atoms with Gasteiger partial charge in [0.2, 0.25) is 0 Å². The molecule has 1 aliphatic carbocycles. The molecule has 4 unspecified atom stereocenters. The van der Waals surface area contributed by atoms with Gasteiger partial charge >= 0.3 is 5.97 Å². The maximum atomic E-state index is 13.7. The zero-order chi connectivity index (χ0) is 24.5.